The van der Waals surface area contributed by atoms with Crippen molar-refractivity contribution in [2.45, 2.75) is 0 Å². The number of rotatable bonds is 0. The fourth-order valence-corrected chi connectivity index (χ4v) is 0. The summed E-state index contributed by atoms with van der Waals surface area (Å²) < 4.78 is 0. The average molecular weight is 203 g/mol. The first-order valence-corrected chi connectivity index (χ1v) is 0. The smallest absolute Gasteiger partial charge is 1.00 e. The molecule has 0 aliphatic heterocycles. The molecule has 4 heavy (non-hydrogen) atoms. The molecular weight excluding hydrogens is 196 g/mol. The molecule has 0 aromatic rings. The van der Waals surface area contributed by atoms with Crippen LogP contribution in [0.25, 0.3) is 0 Å². The minimum Gasteiger partial charge on any atom is -1.00 e. The van der Waals surface area contributed by atoms with E-state index in [2.05, 4.69) is 0 Å². The van der Waals surface area contributed by atoms with E-state index >= 15 is 0 Å². The Morgan fingerprint density at radius 2 is 1.25 bits per heavy atom. The maximum absolute atomic E-state index is 0. The molecule has 0 saturated heterocycles. The Labute approximate surface area is 73.7 Å². The summed E-state index contributed by atoms with van der Waals surface area (Å²) in [6.07, 6.45) is 0. The van der Waals surface area contributed by atoms with Crippen LogP contribution in [0.3, 0.4) is 0 Å². The summed E-state index contributed by atoms with van der Waals surface area (Å²) in [4.78, 5) is 0. The second kappa shape index (κ2) is 19.8. The van der Waals surface area contributed by atoms with Crippen LogP contribution in [0.15, 0.2) is 0 Å². The van der Waals surface area contributed by atoms with Gasteiger partial charge in [-0.25, -0.2) is 0 Å². The Balaban J connectivity index is 0. The summed E-state index contributed by atoms with van der Waals surface area (Å²) >= 11 is 0. The molecule has 4 heteroatoms. The molecule has 0 heterocycles. The van der Waals surface area contributed by atoms with Gasteiger partial charge in [-0.15, -0.1) is 24.0 Å². The van der Waals surface area contributed by atoms with Gasteiger partial charge in [-0.05, 0) is 0 Å². The van der Waals surface area contributed by atoms with E-state index in [1.165, 1.54) is 0 Å². The molecule has 0 aliphatic carbocycles. The SMILES string of the molecule is I.N.S.[H-].[Na+]. The first kappa shape index (κ1) is 36.9. The molecule has 0 aliphatic rings. The van der Waals surface area contributed by atoms with Crippen molar-refractivity contribution in [3.05, 3.63) is 0 Å². The summed E-state index contributed by atoms with van der Waals surface area (Å²) in [5, 5.41) is 0. The van der Waals surface area contributed by atoms with Crippen molar-refractivity contribution in [2.24, 2.45) is 0 Å². The van der Waals surface area contributed by atoms with Gasteiger partial charge in [0, 0.05) is 0 Å². The third-order valence-corrected chi connectivity index (χ3v) is 0. The van der Waals surface area contributed by atoms with Crippen LogP contribution in [0, 0.1) is 0 Å². The fraction of sp³-hybridized carbons (Fsp3) is 0. The van der Waals surface area contributed by atoms with Gasteiger partial charge in [-0.2, -0.15) is 13.5 Å². The molecule has 1 nitrogen and oxygen atoms in total. The molecule has 3 N–H and O–H groups in total. The second-order valence-electron chi connectivity index (χ2n) is 0. The van der Waals surface area contributed by atoms with Crippen molar-refractivity contribution in [3.8, 4) is 0 Å². The number of hydrogen-bond acceptors (Lipinski definition) is 1. The van der Waals surface area contributed by atoms with Crippen LogP contribution in [0.4, 0.5) is 0 Å². The predicted octanol–water partition coefficient (Wildman–Crippen LogP) is -1.99. The van der Waals surface area contributed by atoms with E-state index in [9.17, 15) is 0 Å². The summed E-state index contributed by atoms with van der Waals surface area (Å²) in [6, 6.07) is 0. The zero-order valence-electron chi connectivity index (χ0n) is 3.62. The van der Waals surface area contributed by atoms with E-state index < -0.39 is 0 Å². The van der Waals surface area contributed by atoms with E-state index in [0.717, 1.165) is 0 Å². The van der Waals surface area contributed by atoms with Crippen molar-refractivity contribution in [1.29, 1.82) is 0 Å². The normalized spacial score (nSPS) is 0. The first-order chi connectivity index (χ1) is 0. The monoisotopic (exact) mass is 203 g/mol. The Kier molecular flexibility index (Phi) is 182. The largest absolute Gasteiger partial charge is 1.00 e. The Hall–Kier alpha value is 2.04. The molecule has 0 amide bonds. The zero-order valence-corrected chi connectivity index (χ0v) is 7.95. The molecule has 0 radical (unpaired) electrons. The molecule has 26 valence electrons. The number of halogens is 1. The van der Waals surface area contributed by atoms with Crippen LogP contribution in [-0.2, 0) is 0 Å². The van der Waals surface area contributed by atoms with Gasteiger partial charge in [0.15, 0.2) is 0 Å². The maximum Gasteiger partial charge on any atom is 1.00 e. The van der Waals surface area contributed by atoms with Crippen LogP contribution in [0.2, 0.25) is 0 Å². The quantitative estimate of drug-likeness (QED) is 0.359. The van der Waals surface area contributed by atoms with E-state index in [-0.39, 0.29) is 74.6 Å². The molecule has 0 unspecified atom stereocenters. The Morgan fingerprint density at radius 1 is 1.25 bits per heavy atom. The van der Waals surface area contributed by atoms with E-state index in [1.54, 1.807) is 0 Å². The van der Waals surface area contributed by atoms with Gasteiger partial charge in [-0.3, -0.25) is 0 Å². The van der Waals surface area contributed by atoms with Crippen molar-refractivity contribution < 1.29 is 31.0 Å². The molecule has 0 rings (SSSR count). The van der Waals surface area contributed by atoms with Gasteiger partial charge in [0.25, 0.3) is 0 Å². The minimum atomic E-state index is 0. The molecule has 0 saturated carbocycles. The summed E-state index contributed by atoms with van der Waals surface area (Å²) in [6.45, 7) is 0. The molecule has 0 atom stereocenters. The Bertz CT molecular complexity index is 11.6. The fourth-order valence-electron chi connectivity index (χ4n) is 0. The number of hydrogen-bond donors (Lipinski definition) is 1. The summed E-state index contributed by atoms with van der Waals surface area (Å²) in [5.74, 6) is 0. The van der Waals surface area contributed by atoms with Crippen LogP contribution >= 0.6 is 37.5 Å². The molecule has 0 fully saturated rings. The van der Waals surface area contributed by atoms with Gasteiger partial charge < -0.3 is 7.58 Å². The van der Waals surface area contributed by atoms with Gasteiger partial charge in [-0.1, -0.05) is 0 Å². The maximum atomic E-state index is 0. The van der Waals surface area contributed by atoms with E-state index in [1.807, 2.05) is 0 Å². The third-order valence-electron chi connectivity index (χ3n) is 0. The van der Waals surface area contributed by atoms with E-state index in [4.69, 9.17) is 0 Å². The standard InChI is InChI=1S/HI.H3N.Na.H2S.H/h1H;1H3;;1H2;/q;;+1;;-1. The van der Waals surface area contributed by atoms with Crippen LogP contribution in [0.1, 0.15) is 1.43 Å². The topological polar surface area (TPSA) is 35.0 Å². The predicted molar refractivity (Wildman–Crippen MR) is 31.9 cm³/mol. The van der Waals surface area contributed by atoms with Crippen molar-refractivity contribution in [3.63, 3.8) is 0 Å². The third kappa shape index (κ3) is 8.97. The molecular formula is H7INNaS. The van der Waals surface area contributed by atoms with Crippen molar-refractivity contribution in [2.75, 3.05) is 0 Å². The van der Waals surface area contributed by atoms with Crippen molar-refractivity contribution >= 4 is 37.5 Å². The summed E-state index contributed by atoms with van der Waals surface area (Å²) in [5.41, 5.74) is 0. The molecule has 0 spiro atoms. The zero-order chi connectivity index (χ0) is 0. The minimum absolute atomic E-state index is 0. The van der Waals surface area contributed by atoms with E-state index in [0.29, 0.717) is 0 Å². The molecule has 0 bridgehead atoms. The van der Waals surface area contributed by atoms with Gasteiger partial charge in [0.05, 0.1) is 0 Å². The first-order valence-electron chi connectivity index (χ1n) is 0. The van der Waals surface area contributed by atoms with Gasteiger partial charge >= 0.3 is 29.6 Å². The molecule has 0 aromatic carbocycles. The summed E-state index contributed by atoms with van der Waals surface area (Å²) in [7, 11) is 0. The average Bonchev–Trinajstić information content (AvgIpc) is 0. The molecule has 0 aromatic heterocycles. The Morgan fingerprint density at radius 3 is 1.25 bits per heavy atom. The van der Waals surface area contributed by atoms with Gasteiger partial charge in [0.2, 0.25) is 0 Å². The van der Waals surface area contributed by atoms with Crippen LogP contribution in [0.5, 0.6) is 0 Å². The van der Waals surface area contributed by atoms with Gasteiger partial charge in [0.1, 0.15) is 0 Å². The van der Waals surface area contributed by atoms with Crippen molar-refractivity contribution in [1.82, 2.24) is 6.15 Å². The second-order valence-corrected chi connectivity index (χ2v) is 0. The van der Waals surface area contributed by atoms with Crippen LogP contribution in [-0.4, -0.2) is 0 Å². The van der Waals surface area contributed by atoms with Crippen LogP contribution < -0.4 is 35.7 Å².